The predicted molar refractivity (Wildman–Crippen MR) is 60.2 cm³/mol. The SMILES string of the molecule is CC(C)CNC(=O)c1csc2nccn12. The Morgan fingerprint density at radius 2 is 2.47 bits per heavy atom. The molecule has 2 heterocycles. The molecule has 15 heavy (non-hydrogen) atoms. The highest BCUT2D eigenvalue weighted by molar-refractivity contribution is 7.15. The van der Waals surface area contributed by atoms with E-state index < -0.39 is 0 Å². The van der Waals surface area contributed by atoms with Gasteiger partial charge in [0.05, 0.1) is 0 Å². The molecule has 0 aliphatic rings. The molecule has 2 aromatic rings. The lowest BCUT2D eigenvalue weighted by Gasteiger charge is -2.06. The largest absolute Gasteiger partial charge is 0.350 e. The van der Waals surface area contributed by atoms with Crippen molar-refractivity contribution in [3.63, 3.8) is 0 Å². The van der Waals surface area contributed by atoms with E-state index in [2.05, 4.69) is 24.1 Å². The summed E-state index contributed by atoms with van der Waals surface area (Å²) in [6.07, 6.45) is 3.50. The Morgan fingerprint density at radius 3 is 3.20 bits per heavy atom. The van der Waals surface area contributed by atoms with Gasteiger partial charge in [-0.15, -0.1) is 11.3 Å². The van der Waals surface area contributed by atoms with Gasteiger partial charge in [0, 0.05) is 24.3 Å². The number of carbonyl (C=O) groups excluding carboxylic acids is 1. The lowest BCUT2D eigenvalue weighted by atomic mass is 10.2. The number of nitrogens with one attached hydrogen (secondary N) is 1. The summed E-state index contributed by atoms with van der Waals surface area (Å²) in [5, 5.41) is 4.72. The maximum atomic E-state index is 11.8. The van der Waals surface area contributed by atoms with Gasteiger partial charge in [-0.2, -0.15) is 0 Å². The fourth-order valence-electron chi connectivity index (χ4n) is 1.28. The first-order chi connectivity index (χ1) is 7.18. The van der Waals surface area contributed by atoms with Crippen molar-refractivity contribution in [2.24, 2.45) is 5.92 Å². The number of carbonyl (C=O) groups is 1. The smallest absolute Gasteiger partial charge is 0.269 e. The first-order valence-corrected chi connectivity index (χ1v) is 5.75. The van der Waals surface area contributed by atoms with Crippen LogP contribution in [0.1, 0.15) is 24.3 Å². The maximum absolute atomic E-state index is 11.8. The summed E-state index contributed by atoms with van der Waals surface area (Å²) in [6, 6.07) is 0. The lowest BCUT2D eigenvalue weighted by molar-refractivity contribution is 0.0943. The fraction of sp³-hybridized carbons (Fsp3) is 0.400. The zero-order valence-electron chi connectivity index (χ0n) is 8.73. The number of rotatable bonds is 3. The summed E-state index contributed by atoms with van der Waals surface area (Å²) in [6.45, 7) is 4.84. The van der Waals surface area contributed by atoms with Crippen LogP contribution < -0.4 is 5.32 Å². The third-order valence-electron chi connectivity index (χ3n) is 2.05. The van der Waals surface area contributed by atoms with Crippen molar-refractivity contribution in [3.8, 4) is 0 Å². The quantitative estimate of drug-likeness (QED) is 0.862. The average Bonchev–Trinajstić information content (AvgIpc) is 2.74. The van der Waals surface area contributed by atoms with Crippen molar-refractivity contribution in [2.75, 3.05) is 6.54 Å². The Bertz CT molecular complexity index is 472. The standard InChI is InChI=1S/C10H13N3OS/c1-7(2)5-12-9(14)8-6-15-10-11-3-4-13(8)10/h3-4,6-7H,5H2,1-2H3,(H,12,14). The zero-order chi connectivity index (χ0) is 10.8. The van der Waals surface area contributed by atoms with Crippen LogP contribution in [0.25, 0.3) is 4.96 Å². The molecule has 0 saturated heterocycles. The molecule has 80 valence electrons. The number of thiazole rings is 1. The molecule has 0 aromatic carbocycles. The molecule has 2 aromatic heterocycles. The second-order valence-corrected chi connectivity index (χ2v) is 4.64. The Balaban J connectivity index is 2.17. The van der Waals surface area contributed by atoms with Crippen LogP contribution in [0.2, 0.25) is 0 Å². The molecule has 1 N–H and O–H groups in total. The summed E-state index contributed by atoms with van der Waals surface area (Å²) in [5.41, 5.74) is 0.660. The molecule has 0 unspecified atom stereocenters. The minimum absolute atomic E-state index is 0.0343. The topological polar surface area (TPSA) is 46.4 Å². The van der Waals surface area contributed by atoms with Gasteiger partial charge in [-0.3, -0.25) is 9.20 Å². The lowest BCUT2D eigenvalue weighted by Crippen LogP contribution is -2.28. The molecular formula is C10H13N3OS. The summed E-state index contributed by atoms with van der Waals surface area (Å²) >= 11 is 1.47. The van der Waals surface area contributed by atoms with E-state index in [1.54, 1.807) is 16.8 Å². The van der Waals surface area contributed by atoms with Crippen LogP contribution in [0.3, 0.4) is 0 Å². The van der Waals surface area contributed by atoms with Gasteiger partial charge >= 0.3 is 0 Å². The molecule has 0 radical (unpaired) electrons. The predicted octanol–water partition coefficient (Wildman–Crippen LogP) is 1.78. The van der Waals surface area contributed by atoms with Crippen molar-refractivity contribution >= 4 is 22.2 Å². The van der Waals surface area contributed by atoms with Crippen LogP contribution in [-0.2, 0) is 0 Å². The van der Waals surface area contributed by atoms with E-state index in [0.29, 0.717) is 18.2 Å². The van der Waals surface area contributed by atoms with E-state index in [4.69, 9.17) is 0 Å². The first kappa shape index (κ1) is 10.2. The molecule has 5 heteroatoms. The van der Waals surface area contributed by atoms with Gasteiger partial charge in [0.1, 0.15) is 5.69 Å². The number of aromatic nitrogens is 2. The van der Waals surface area contributed by atoms with Gasteiger partial charge < -0.3 is 5.32 Å². The van der Waals surface area contributed by atoms with E-state index >= 15 is 0 Å². The highest BCUT2D eigenvalue weighted by Gasteiger charge is 2.11. The summed E-state index contributed by atoms with van der Waals surface area (Å²) in [7, 11) is 0. The minimum Gasteiger partial charge on any atom is -0.350 e. The van der Waals surface area contributed by atoms with E-state index in [9.17, 15) is 4.79 Å². The number of hydrogen-bond acceptors (Lipinski definition) is 3. The van der Waals surface area contributed by atoms with Crippen molar-refractivity contribution in [2.45, 2.75) is 13.8 Å². The van der Waals surface area contributed by atoms with Gasteiger partial charge in [-0.05, 0) is 5.92 Å². The van der Waals surface area contributed by atoms with Crippen LogP contribution in [0.4, 0.5) is 0 Å². The second-order valence-electron chi connectivity index (χ2n) is 3.80. The van der Waals surface area contributed by atoms with Crippen LogP contribution in [0, 0.1) is 5.92 Å². The third kappa shape index (κ3) is 2.02. The summed E-state index contributed by atoms with van der Waals surface area (Å²) in [5.74, 6) is 0.429. The van der Waals surface area contributed by atoms with E-state index in [1.807, 2.05) is 5.38 Å². The molecule has 1 amide bonds. The number of fused-ring (bicyclic) bond motifs is 1. The van der Waals surface area contributed by atoms with Crippen molar-refractivity contribution < 1.29 is 4.79 Å². The fourth-order valence-corrected chi connectivity index (χ4v) is 2.11. The van der Waals surface area contributed by atoms with E-state index in [1.165, 1.54) is 11.3 Å². The summed E-state index contributed by atoms with van der Waals surface area (Å²) in [4.78, 5) is 16.7. The Hall–Kier alpha value is -1.36. The molecule has 0 saturated carbocycles. The molecule has 0 fully saturated rings. The highest BCUT2D eigenvalue weighted by Crippen LogP contribution is 2.14. The third-order valence-corrected chi connectivity index (χ3v) is 2.90. The normalized spacial score (nSPS) is 11.1. The van der Waals surface area contributed by atoms with Gasteiger partial charge in [-0.25, -0.2) is 4.98 Å². The van der Waals surface area contributed by atoms with Crippen molar-refractivity contribution in [1.82, 2.24) is 14.7 Å². The minimum atomic E-state index is -0.0343. The van der Waals surface area contributed by atoms with Gasteiger partial charge in [0.15, 0.2) is 4.96 Å². The number of nitrogens with zero attached hydrogens (tertiary/aromatic N) is 2. The van der Waals surface area contributed by atoms with Crippen LogP contribution >= 0.6 is 11.3 Å². The highest BCUT2D eigenvalue weighted by atomic mass is 32.1. The molecule has 4 nitrogen and oxygen atoms in total. The maximum Gasteiger partial charge on any atom is 0.269 e. The molecule has 0 atom stereocenters. The number of amides is 1. The number of imidazole rings is 1. The Kier molecular flexibility index (Phi) is 2.73. The molecular weight excluding hydrogens is 210 g/mol. The van der Waals surface area contributed by atoms with Gasteiger partial charge in [0.2, 0.25) is 0 Å². The van der Waals surface area contributed by atoms with E-state index in [-0.39, 0.29) is 5.91 Å². The monoisotopic (exact) mass is 223 g/mol. The number of hydrogen-bond donors (Lipinski definition) is 1. The Morgan fingerprint density at radius 1 is 1.67 bits per heavy atom. The van der Waals surface area contributed by atoms with Crippen LogP contribution in [0.15, 0.2) is 17.8 Å². The van der Waals surface area contributed by atoms with Gasteiger partial charge in [-0.1, -0.05) is 13.8 Å². The van der Waals surface area contributed by atoms with Crippen LogP contribution in [-0.4, -0.2) is 21.8 Å². The van der Waals surface area contributed by atoms with E-state index in [0.717, 1.165) is 4.96 Å². The molecule has 2 rings (SSSR count). The first-order valence-electron chi connectivity index (χ1n) is 4.87. The molecule has 0 aliphatic heterocycles. The second kappa shape index (κ2) is 4.02. The van der Waals surface area contributed by atoms with Crippen molar-refractivity contribution in [3.05, 3.63) is 23.5 Å². The average molecular weight is 223 g/mol. The molecule has 0 bridgehead atoms. The van der Waals surface area contributed by atoms with Gasteiger partial charge in [0.25, 0.3) is 5.91 Å². The van der Waals surface area contributed by atoms with Crippen LogP contribution in [0.5, 0.6) is 0 Å². The molecule has 0 aliphatic carbocycles. The zero-order valence-corrected chi connectivity index (χ0v) is 9.54. The van der Waals surface area contributed by atoms with Crippen molar-refractivity contribution in [1.29, 1.82) is 0 Å². The molecule has 0 spiro atoms. The summed E-state index contributed by atoms with van der Waals surface area (Å²) < 4.78 is 1.81. The Labute approximate surface area is 91.9 Å².